The van der Waals surface area contributed by atoms with E-state index < -0.39 is 47.8 Å². The van der Waals surface area contributed by atoms with Crippen LogP contribution < -0.4 is 15.4 Å². The molecule has 0 spiro atoms. The second-order valence-corrected chi connectivity index (χ2v) is 10.2. The molecule has 2 aliphatic heterocycles. The Morgan fingerprint density at radius 2 is 1.74 bits per heavy atom. The summed E-state index contributed by atoms with van der Waals surface area (Å²) in [4.78, 5) is 71.8. The van der Waals surface area contributed by atoms with Crippen LogP contribution in [0.5, 0.6) is 5.75 Å². The van der Waals surface area contributed by atoms with Gasteiger partial charge in [0.25, 0.3) is 11.8 Å². The summed E-state index contributed by atoms with van der Waals surface area (Å²) in [6.07, 6.45) is -2.41. The first-order valence-electron chi connectivity index (χ1n) is 13.5. The van der Waals surface area contributed by atoms with Crippen molar-refractivity contribution in [1.29, 1.82) is 0 Å². The van der Waals surface area contributed by atoms with E-state index in [-0.39, 0.29) is 61.7 Å². The summed E-state index contributed by atoms with van der Waals surface area (Å²) >= 11 is 0. The number of aliphatic hydroxyl groups excluding tert-OH is 2. The maximum absolute atomic E-state index is 12.7. The van der Waals surface area contributed by atoms with Gasteiger partial charge in [0.1, 0.15) is 24.6 Å². The van der Waals surface area contributed by atoms with Gasteiger partial charge in [0.2, 0.25) is 37.6 Å². The molecule has 0 aromatic heterocycles. The molecule has 2 heterocycles. The standard InChI is InChI=1S/C27H30BN3O12/c28-26(39)41-13-14-5-6-16(42-25-21(36)22(37)27(40)23(38)24(27)43-25)15(12-14)30-18(33)9-10-29-17(32)4-2-1-3-11-31-19(34)7-8-20(31)35/h5-8,12,21-22,24-25,36-37,40H,1-4,9-11,13H2,(H,29,32)(H,30,33). The highest BCUT2D eigenvalue weighted by Gasteiger charge is 2.76. The first kappa shape index (κ1) is 31.8. The molecule has 1 aromatic rings. The van der Waals surface area contributed by atoms with Crippen molar-refractivity contribution in [3.8, 4) is 5.75 Å². The average molecular weight is 599 g/mol. The van der Waals surface area contributed by atoms with Gasteiger partial charge in [0.05, 0.1) is 5.69 Å². The Labute approximate surface area is 246 Å². The first-order chi connectivity index (χ1) is 20.4. The number of carbonyl (C=O) groups is 6. The number of nitrogens with one attached hydrogen (secondary N) is 2. The van der Waals surface area contributed by atoms with Gasteiger partial charge in [-0.3, -0.25) is 33.7 Å². The summed E-state index contributed by atoms with van der Waals surface area (Å²) < 4.78 is 15.7. The first-order valence-corrected chi connectivity index (χ1v) is 13.5. The van der Waals surface area contributed by atoms with Crippen molar-refractivity contribution in [3.05, 3.63) is 35.9 Å². The van der Waals surface area contributed by atoms with Crippen LogP contribution in [0.2, 0.25) is 0 Å². The van der Waals surface area contributed by atoms with Crippen LogP contribution in [0.4, 0.5) is 10.5 Å². The number of Topliss-reactive ketones (excluding diaryl/α,β-unsaturated/α-hetero) is 1. The van der Waals surface area contributed by atoms with Gasteiger partial charge >= 0.3 is 0 Å². The van der Waals surface area contributed by atoms with E-state index in [0.717, 1.165) is 4.90 Å². The summed E-state index contributed by atoms with van der Waals surface area (Å²) in [7, 11) is 5.01. The number of ether oxygens (including phenoxy) is 3. The Morgan fingerprint density at radius 1 is 1.02 bits per heavy atom. The van der Waals surface area contributed by atoms with Gasteiger partial charge in [-0.2, -0.15) is 0 Å². The molecule has 1 aromatic carbocycles. The normalized spacial score (nSPS) is 25.7. The van der Waals surface area contributed by atoms with E-state index in [1.165, 1.54) is 30.4 Å². The maximum Gasteiger partial charge on any atom is 0.253 e. The summed E-state index contributed by atoms with van der Waals surface area (Å²) in [5, 5.41) is 35.8. The molecule has 2 radical (unpaired) electrons. The van der Waals surface area contributed by atoms with E-state index >= 15 is 0 Å². The Balaban J connectivity index is 1.25. The van der Waals surface area contributed by atoms with Gasteiger partial charge in [-0.1, -0.05) is 12.5 Å². The molecule has 5 N–H and O–H groups in total. The van der Waals surface area contributed by atoms with Crippen LogP contribution in [0.15, 0.2) is 30.4 Å². The fraction of sp³-hybridized carbons (Fsp3) is 0.481. The van der Waals surface area contributed by atoms with Crippen molar-refractivity contribution < 1.29 is 58.3 Å². The van der Waals surface area contributed by atoms with E-state index in [1.54, 1.807) is 0 Å². The molecule has 43 heavy (non-hydrogen) atoms. The highest BCUT2D eigenvalue weighted by Crippen LogP contribution is 2.45. The van der Waals surface area contributed by atoms with Crippen LogP contribution in [0.3, 0.4) is 0 Å². The van der Waals surface area contributed by atoms with E-state index in [4.69, 9.17) is 22.1 Å². The number of carbonyl (C=O) groups excluding carboxylic acids is 6. The monoisotopic (exact) mass is 599 g/mol. The molecule has 1 saturated heterocycles. The zero-order valence-corrected chi connectivity index (χ0v) is 22.9. The predicted octanol–water partition coefficient (Wildman–Crippen LogP) is -1.44. The number of aliphatic hydroxyl groups is 3. The van der Waals surface area contributed by atoms with E-state index in [9.17, 15) is 44.1 Å². The summed E-state index contributed by atoms with van der Waals surface area (Å²) in [6.45, 7) is 0.0507. The molecule has 228 valence electrons. The predicted molar refractivity (Wildman–Crippen MR) is 144 cm³/mol. The van der Waals surface area contributed by atoms with Crippen LogP contribution in [0.1, 0.15) is 37.7 Å². The third-order valence-corrected chi connectivity index (χ3v) is 7.08. The van der Waals surface area contributed by atoms with Gasteiger partial charge in [-0.15, -0.1) is 0 Å². The minimum atomic E-state index is -2.21. The molecule has 5 unspecified atom stereocenters. The molecule has 3 aliphatic rings. The van der Waals surface area contributed by atoms with Crippen molar-refractivity contribution in [1.82, 2.24) is 10.2 Å². The Morgan fingerprint density at radius 3 is 2.44 bits per heavy atom. The molecule has 0 bridgehead atoms. The fourth-order valence-corrected chi connectivity index (χ4v) is 4.62. The van der Waals surface area contributed by atoms with Crippen LogP contribution in [-0.2, 0) is 40.1 Å². The van der Waals surface area contributed by atoms with Gasteiger partial charge < -0.3 is 40.2 Å². The SMILES string of the molecule is [B]C(=O)OCc1ccc(OC2OC3C(=O)C3(O)C(O)C2O)c(NC(=O)CCNC(=O)CCCCCN2C(=O)C=CC2=O)c1. The number of rotatable bonds is 14. The van der Waals surface area contributed by atoms with E-state index in [0.29, 0.717) is 24.8 Å². The molecule has 5 atom stereocenters. The number of anilines is 1. The zero-order valence-electron chi connectivity index (χ0n) is 22.9. The molecule has 15 nitrogen and oxygen atoms in total. The molecule has 4 rings (SSSR count). The fourth-order valence-electron chi connectivity index (χ4n) is 4.62. The van der Waals surface area contributed by atoms with E-state index in [1.807, 2.05) is 0 Å². The Hall–Kier alpha value is -4.12. The topological polar surface area (TPSA) is 218 Å². The lowest BCUT2D eigenvalue weighted by Crippen LogP contribution is -2.55. The van der Waals surface area contributed by atoms with E-state index in [2.05, 4.69) is 10.6 Å². The minimum absolute atomic E-state index is 0.00675. The van der Waals surface area contributed by atoms with Crippen molar-refractivity contribution >= 4 is 48.8 Å². The molecule has 4 amide bonds. The number of benzene rings is 1. The molecular formula is C27H30BN3O12. The van der Waals surface area contributed by atoms with Crippen LogP contribution in [-0.4, -0.2) is 107 Å². The molecule has 1 aliphatic carbocycles. The van der Waals surface area contributed by atoms with Gasteiger partial charge in [0.15, 0.2) is 11.7 Å². The third kappa shape index (κ3) is 7.46. The summed E-state index contributed by atoms with van der Waals surface area (Å²) in [5.74, 6) is -3.38. The van der Waals surface area contributed by atoms with Crippen molar-refractivity contribution in [3.63, 3.8) is 0 Å². The minimum Gasteiger partial charge on any atom is -0.470 e. The summed E-state index contributed by atoms with van der Waals surface area (Å²) in [6, 6.07) is 4.23. The second-order valence-electron chi connectivity index (χ2n) is 10.2. The third-order valence-electron chi connectivity index (χ3n) is 7.08. The molecular weight excluding hydrogens is 569 g/mol. The maximum atomic E-state index is 12.7. The quantitative estimate of drug-likeness (QED) is 0.0944. The number of unbranched alkanes of at least 4 members (excludes halogenated alkanes) is 2. The molecule has 2 fully saturated rings. The smallest absolute Gasteiger partial charge is 0.253 e. The van der Waals surface area contributed by atoms with Crippen LogP contribution in [0.25, 0.3) is 0 Å². The number of amides is 4. The molecule has 1 saturated carbocycles. The zero-order chi connectivity index (χ0) is 31.3. The number of ketones is 1. The van der Waals surface area contributed by atoms with Crippen LogP contribution in [0, 0.1) is 0 Å². The lowest BCUT2D eigenvalue weighted by Gasteiger charge is -2.33. The number of imide groups is 1. The van der Waals surface area contributed by atoms with Gasteiger partial charge in [-0.25, -0.2) is 0 Å². The van der Waals surface area contributed by atoms with Crippen molar-refractivity contribution in [2.45, 2.75) is 68.9 Å². The highest BCUT2D eigenvalue weighted by atomic mass is 16.7. The van der Waals surface area contributed by atoms with Crippen molar-refractivity contribution in [2.75, 3.05) is 18.4 Å². The van der Waals surface area contributed by atoms with Gasteiger partial charge in [0, 0.05) is 38.1 Å². The second kappa shape index (κ2) is 13.5. The highest BCUT2D eigenvalue weighted by molar-refractivity contribution is 6.55. The largest absolute Gasteiger partial charge is 0.470 e. The number of hydrogen-bond donors (Lipinski definition) is 5. The number of nitrogens with zero attached hydrogens (tertiary/aromatic N) is 1. The lowest BCUT2D eigenvalue weighted by molar-refractivity contribution is -0.243. The summed E-state index contributed by atoms with van der Waals surface area (Å²) in [5.41, 5.74) is -1.75. The van der Waals surface area contributed by atoms with Gasteiger partial charge in [-0.05, 0) is 30.5 Å². The average Bonchev–Trinajstić information content (AvgIpc) is 3.34. The molecule has 16 heteroatoms. The Kier molecular flexibility index (Phi) is 9.96. The Bertz CT molecular complexity index is 1320. The number of hydrogen-bond acceptors (Lipinski definition) is 12. The van der Waals surface area contributed by atoms with Crippen molar-refractivity contribution in [2.24, 2.45) is 0 Å². The number of fused-ring (bicyclic) bond motifs is 1. The lowest BCUT2D eigenvalue weighted by atomic mass is 10.0. The van der Waals surface area contributed by atoms with Crippen LogP contribution >= 0.6 is 0 Å².